The first kappa shape index (κ1) is 22.7. The van der Waals surface area contributed by atoms with Crippen LogP contribution in [0.15, 0.2) is 30.7 Å². The Bertz CT molecular complexity index is 1270. The topological polar surface area (TPSA) is 105 Å². The third kappa shape index (κ3) is 5.04. The summed E-state index contributed by atoms with van der Waals surface area (Å²) in [6, 6.07) is 3.78. The highest BCUT2D eigenvalue weighted by molar-refractivity contribution is 7.71. The van der Waals surface area contributed by atoms with Crippen molar-refractivity contribution in [1.82, 2.24) is 29.2 Å². The molecule has 0 saturated carbocycles. The highest BCUT2D eigenvalue weighted by atomic mass is 32.2. The molecular formula is C22H27N7O4S. The molecule has 0 amide bonds. The average molecular weight is 486 g/mol. The van der Waals surface area contributed by atoms with Gasteiger partial charge in [0.25, 0.3) is 0 Å². The van der Waals surface area contributed by atoms with Gasteiger partial charge in [0.15, 0.2) is 11.5 Å². The number of anilines is 1. The van der Waals surface area contributed by atoms with Crippen LogP contribution in [0.1, 0.15) is 5.69 Å². The zero-order chi connectivity index (χ0) is 23.5. The van der Waals surface area contributed by atoms with Gasteiger partial charge in [-0.05, 0) is 6.07 Å². The molecule has 3 aromatic rings. The van der Waals surface area contributed by atoms with E-state index in [0.29, 0.717) is 38.7 Å². The summed E-state index contributed by atoms with van der Waals surface area (Å²) in [5, 5.41) is 0. The predicted molar refractivity (Wildman–Crippen MR) is 128 cm³/mol. The molecule has 0 N–H and O–H groups in total. The normalized spacial score (nSPS) is 17.7. The van der Waals surface area contributed by atoms with E-state index in [2.05, 4.69) is 14.8 Å². The van der Waals surface area contributed by atoms with Gasteiger partial charge in [-0.2, -0.15) is 8.42 Å². The Kier molecular flexibility index (Phi) is 6.72. The highest BCUT2D eigenvalue weighted by Gasteiger charge is 2.21. The molecule has 2 saturated heterocycles. The van der Waals surface area contributed by atoms with Crippen molar-refractivity contribution in [3.05, 3.63) is 36.4 Å². The minimum atomic E-state index is -2.16. The lowest BCUT2D eigenvalue weighted by Gasteiger charge is -2.31. The Balaban J connectivity index is 1.44. The Morgan fingerprint density at radius 1 is 1.06 bits per heavy atom. The molecule has 0 aliphatic carbocycles. The lowest BCUT2D eigenvalue weighted by atomic mass is 10.2. The van der Waals surface area contributed by atoms with Gasteiger partial charge in [-0.3, -0.25) is 9.80 Å². The molecule has 5 rings (SSSR count). The van der Waals surface area contributed by atoms with E-state index in [-0.39, 0.29) is 0 Å². The standard InChI is InChI=1S/C22H27N7O4S/c1-32-20-3-2-17(12-23-20)19-15-29-14-18(13-26-4-6-27(7-5-26)16-34(30)31)24-21(29)22(25-19)28-8-10-33-11-9-28/h2-3,12,14-16H,4-11,13H2,1H3. The zero-order valence-electron chi connectivity index (χ0n) is 19.0. The Hall–Kier alpha value is -3.06. The summed E-state index contributed by atoms with van der Waals surface area (Å²) in [5.74, 6) is 1.39. The third-order valence-corrected chi connectivity index (χ3v) is 6.52. The minimum absolute atomic E-state index is 0.558. The van der Waals surface area contributed by atoms with Crippen LogP contribution in [0.3, 0.4) is 0 Å². The molecule has 2 fully saturated rings. The van der Waals surface area contributed by atoms with Gasteiger partial charge >= 0.3 is 0 Å². The van der Waals surface area contributed by atoms with Crippen molar-refractivity contribution >= 4 is 27.2 Å². The van der Waals surface area contributed by atoms with Crippen LogP contribution in [0.2, 0.25) is 0 Å². The van der Waals surface area contributed by atoms with Gasteiger partial charge in [-0.15, -0.1) is 0 Å². The number of hydrogen-bond donors (Lipinski definition) is 0. The average Bonchev–Trinajstić information content (AvgIpc) is 3.27. The van der Waals surface area contributed by atoms with E-state index in [0.717, 1.165) is 54.6 Å². The number of ether oxygens (including phenoxy) is 2. The zero-order valence-corrected chi connectivity index (χ0v) is 19.8. The lowest BCUT2D eigenvalue weighted by Crippen LogP contribution is -2.45. The van der Waals surface area contributed by atoms with Gasteiger partial charge in [-0.1, -0.05) is 0 Å². The van der Waals surface area contributed by atoms with Crippen molar-refractivity contribution in [2.75, 3.05) is 64.5 Å². The molecule has 5 heterocycles. The fraction of sp³-hybridized carbons (Fsp3) is 0.455. The molecule has 12 heteroatoms. The van der Waals surface area contributed by atoms with E-state index in [1.54, 1.807) is 13.3 Å². The van der Waals surface area contributed by atoms with Crippen molar-refractivity contribution < 1.29 is 17.9 Å². The Labute approximate surface area is 199 Å². The molecule has 3 aromatic heterocycles. The summed E-state index contributed by atoms with van der Waals surface area (Å²) in [4.78, 5) is 20.6. The first-order valence-electron chi connectivity index (χ1n) is 11.2. The number of methoxy groups -OCH3 is 1. The second kappa shape index (κ2) is 10.1. The van der Waals surface area contributed by atoms with Gasteiger partial charge in [0.05, 0.1) is 31.7 Å². The predicted octanol–water partition coefficient (Wildman–Crippen LogP) is 0.393. The van der Waals surface area contributed by atoms with Crippen molar-refractivity contribution in [3.8, 4) is 17.1 Å². The summed E-state index contributed by atoms with van der Waals surface area (Å²) >= 11 is 0. The van der Waals surface area contributed by atoms with E-state index in [1.165, 1.54) is 5.49 Å². The summed E-state index contributed by atoms with van der Waals surface area (Å²) in [6.45, 7) is 6.43. The number of nitrogens with zero attached hydrogens (tertiary/aromatic N) is 7. The number of hydrogen-bond acceptors (Lipinski definition) is 9. The van der Waals surface area contributed by atoms with Gasteiger partial charge in [-0.25, -0.2) is 15.0 Å². The van der Waals surface area contributed by atoms with Crippen LogP contribution in [0.25, 0.3) is 16.9 Å². The van der Waals surface area contributed by atoms with Crippen LogP contribution >= 0.6 is 0 Å². The van der Waals surface area contributed by atoms with Crippen molar-refractivity contribution in [1.29, 1.82) is 0 Å². The van der Waals surface area contributed by atoms with Crippen LogP contribution in [0, 0.1) is 0 Å². The van der Waals surface area contributed by atoms with Crippen molar-refractivity contribution in [2.24, 2.45) is 0 Å². The summed E-state index contributed by atoms with van der Waals surface area (Å²) in [7, 11) is -0.568. The maximum absolute atomic E-state index is 10.9. The van der Waals surface area contributed by atoms with Crippen LogP contribution < -0.4 is 9.64 Å². The van der Waals surface area contributed by atoms with Crippen LogP contribution in [0.4, 0.5) is 5.82 Å². The lowest BCUT2D eigenvalue weighted by molar-refractivity contribution is 0.122. The molecule has 0 aromatic carbocycles. The largest absolute Gasteiger partial charge is 0.481 e. The van der Waals surface area contributed by atoms with Crippen LogP contribution in [-0.4, -0.2) is 103 Å². The molecule has 0 bridgehead atoms. The van der Waals surface area contributed by atoms with Crippen molar-refractivity contribution in [2.45, 2.75) is 6.54 Å². The number of rotatable bonds is 6. The van der Waals surface area contributed by atoms with E-state index in [4.69, 9.17) is 19.4 Å². The molecule has 34 heavy (non-hydrogen) atoms. The molecular weight excluding hydrogens is 458 g/mol. The molecule has 0 spiro atoms. The monoisotopic (exact) mass is 485 g/mol. The third-order valence-electron chi connectivity index (χ3n) is 6.05. The van der Waals surface area contributed by atoms with Gasteiger partial charge in [0, 0.05) is 76.0 Å². The van der Waals surface area contributed by atoms with E-state index >= 15 is 0 Å². The van der Waals surface area contributed by atoms with E-state index in [1.807, 2.05) is 33.8 Å². The minimum Gasteiger partial charge on any atom is -0.481 e. The SMILES string of the molecule is COc1ccc(-c2cn3cc(CN4CCN(C=S(=O)=O)CC4)nc3c(N3CCOCC3)n2)cn1. The number of fused-ring (bicyclic) bond motifs is 1. The smallest absolute Gasteiger partial charge is 0.225 e. The summed E-state index contributed by atoms with van der Waals surface area (Å²) < 4.78 is 34.6. The molecule has 2 aliphatic rings. The van der Waals surface area contributed by atoms with E-state index < -0.39 is 10.3 Å². The summed E-state index contributed by atoms with van der Waals surface area (Å²) in [6.07, 6.45) is 5.79. The van der Waals surface area contributed by atoms with E-state index in [9.17, 15) is 8.42 Å². The highest BCUT2D eigenvalue weighted by Crippen LogP contribution is 2.26. The Morgan fingerprint density at radius 2 is 1.85 bits per heavy atom. The second-order valence-corrected chi connectivity index (χ2v) is 9.01. The number of aromatic nitrogens is 4. The maximum Gasteiger partial charge on any atom is 0.225 e. The summed E-state index contributed by atoms with van der Waals surface area (Å²) in [5.41, 5.74) is 4.73. The van der Waals surface area contributed by atoms with Crippen LogP contribution in [-0.2, 0) is 21.6 Å². The molecule has 0 atom stereocenters. The number of imidazole rings is 1. The molecule has 11 nitrogen and oxygen atoms in total. The Morgan fingerprint density at radius 3 is 2.53 bits per heavy atom. The fourth-order valence-electron chi connectivity index (χ4n) is 4.27. The fourth-order valence-corrected chi connectivity index (χ4v) is 4.72. The molecule has 0 radical (unpaired) electrons. The van der Waals surface area contributed by atoms with Crippen LogP contribution in [0.5, 0.6) is 5.88 Å². The van der Waals surface area contributed by atoms with Gasteiger partial charge < -0.3 is 18.8 Å². The van der Waals surface area contributed by atoms with Gasteiger partial charge in [0.2, 0.25) is 16.2 Å². The first-order valence-corrected chi connectivity index (χ1v) is 12.3. The number of morpholine rings is 1. The first-order chi connectivity index (χ1) is 16.6. The quantitative estimate of drug-likeness (QED) is 0.455. The second-order valence-electron chi connectivity index (χ2n) is 8.28. The maximum atomic E-state index is 10.9. The van der Waals surface area contributed by atoms with Crippen molar-refractivity contribution in [3.63, 3.8) is 0 Å². The number of piperazine rings is 1. The molecule has 0 unspecified atom stereocenters. The van der Waals surface area contributed by atoms with Gasteiger partial charge in [0.1, 0.15) is 5.49 Å². The number of pyridine rings is 1. The molecule has 2 aliphatic heterocycles. The molecule has 180 valence electrons.